The molecule has 0 radical (unpaired) electrons. The van der Waals surface area contributed by atoms with Gasteiger partial charge in [-0.1, -0.05) is 13.8 Å². The zero-order chi connectivity index (χ0) is 10.8. The first-order chi connectivity index (χ1) is 6.41. The van der Waals surface area contributed by atoms with Gasteiger partial charge in [0.05, 0.1) is 6.10 Å². The van der Waals surface area contributed by atoms with Crippen LogP contribution in [-0.4, -0.2) is 36.6 Å². The molecule has 0 atom stereocenters. The normalized spacial score (nSPS) is 20.5. The zero-order valence-corrected chi connectivity index (χ0v) is 9.67. The van der Waals surface area contributed by atoms with Gasteiger partial charge in [-0.25, -0.2) is 0 Å². The van der Waals surface area contributed by atoms with Gasteiger partial charge in [0.15, 0.2) is 0 Å². The summed E-state index contributed by atoms with van der Waals surface area (Å²) in [4.78, 5) is 13.5. The molecular formula is C11H21NO2. The Kier molecular flexibility index (Phi) is 3.53. The van der Waals surface area contributed by atoms with E-state index in [0.717, 1.165) is 19.5 Å². The van der Waals surface area contributed by atoms with Gasteiger partial charge in [-0.15, -0.1) is 0 Å². The standard InChI is InChI=1S/C11H21NO2/c1-9(2)14-7-10(13)12-6-5-11(3,4)8-12/h9H,5-8H2,1-4H3. The van der Waals surface area contributed by atoms with E-state index >= 15 is 0 Å². The first-order valence-corrected chi connectivity index (χ1v) is 5.30. The molecule has 1 fully saturated rings. The van der Waals surface area contributed by atoms with Crippen molar-refractivity contribution in [2.24, 2.45) is 5.41 Å². The van der Waals surface area contributed by atoms with Gasteiger partial charge in [0.25, 0.3) is 0 Å². The number of amides is 1. The largest absolute Gasteiger partial charge is 0.369 e. The summed E-state index contributed by atoms with van der Waals surface area (Å²) < 4.78 is 5.29. The van der Waals surface area contributed by atoms with Gasteiger partial charge < -0.3 is 9.64 Å². The van der Waals surface area contributed by atoms with Gasteiger partial charge >= 0.3 is 0 Å². The number of ether oxygens (including phenoxy) is 1. The smallest absolute Gasteiger partial charge is 0.248 e. The highest BCUT2D eigenvalue weighted by molar-refractivity contribution is 5.77. The van der Waals surface area contributed by atoms with Crippen molar-refractivity contribution in [2.75, 3.05) is 19.7 Å². The van der Waals surface area contributed by atoms with Gasteiger partial charge in [-0.3, -0.25) is 4.79 Å². The molecule has 0 aromatic rings. The molecule has 1 saturated heterocycles. The Labute approximate surface area is 86.4 Å². The van der Waals surface area contributed by atoms with E-state index in [1.807, 2.05) is 18.7 Å². The van der Waals surface area contributed by atoms with Crippen molar-refractivity contribution in [3.8, 4) is 0 Å². The second kappa shape index (κ2) is 4.30. The maximum absolute atomic E-state index is 11.6. The van der Waals surface area contributed by atoms with Gasteiger partial charge in [0.2, 0.25) is 5.91 Å². The number of hydrogen-bond acceptors (Lipinski definition) is 2. The van der Waals surface area contributed by atoms with E-state index in [-0.39, 0.29) is 24.0 Å². The number of likely N-dealkylation sites (tertiary alicyclic amines) is 1. The molecule has 0 N–H and O–H groups in total. The van der Waals surface area contributed by atoms with Crippen LogP contribution in [0.15, 0.2) is 0 Å². The van der Waals surface area contributed by atoms with E-state index in [0.29, 0.717) is 0 Å². The summed E-state index contributed by atoms with van der Waals surface area (Å²) in [6.07, 6.45) is 1.23. The third-order valence-electron chi connectivity index (χ3n) is 2.57. The molecule has 82 valence electrons. The molecule has 0 spiro atoms. The number of rotatable bonds is 3. The highest BCUT2D eigenvalue weighted by Gasteiger charge is 2.31. The maximum Gasteiger partial charge on any atom is 0.248 e. The van der Waals surface area contributed by atoms with E-state index in [9.17, 15) is 4.79 Å². The predicted molar refractivity (Wildman–Crippen MR) is 56.1 cm³/mol. The van der Waals surface area contributed by atoms with Crippen LogP contribution < -0.4 is 0 Å². The molecule has 0 aromatic heterocycles. The minimum atomic E-state index is 0.129. The van der Waals surface area contributed by atoms with Crippen molar-refractivity contribution >= 4 is 5.91 Å². The molecule has 0 aromatic carbocycles. The molecule has 0 unspecified atom stereocenters. The summed E-state index contributed by atoms with van der Waals surface area (Å²) in [5.74, 6) is 0.129. The first-order valence-electron chi connectivity index (χ1n) is 5.30. The average molecular weight is 199 g/mol. The average Bonchev–Trinajstić information content (AvgIpc) is 2.41. The molecule has 3 heteroatoms. The Balaban J connectivity index is 2.33. The second-order valence-electron chi connectivity index (χ2n) is 5.09. The number of carbonyl (C=O) groups is 1. The summed E-state index contributed by atoms with van der Waals surface area (Å²) in [6, 6.07) is 0. The molecule has 1 aliphatic rings. The van der Waals surface area contributed by atoms with Crippen LogP contribution in [0.3, 0.4) is 0 Å². The highest BCUT2D eigenvalue weighted by Crippen LogP contribution is 2.28. The molecule has 1 amide bonds. The first kappa shape index (κ1) is 11.5. The van der Waals surface area contributed by atoms with Gasteiger partial charge in [-0.05, 0) is 25.7 Å². The van der Waals surface area contributed by atoms with Crippen LogP contribution in [0.2, 0.25) is 0 Å². The summed E-state index contributed by atoms with van der Waals surface area (Å²) in [7, 11) is 0. The van der Waals surface area contributed by atoms with Gasteiger partial charge in [-0.2, -0.15) is 0 Å². The molecule has 0 saturated carbocycles. The molecule has 1 heterocycles. The zero-order valence-electron chi connectivity index (χ0n) is 9.67. The van der Waals surface area contributed by atoms with Crippen LogP contribution in [0.1, 0.15) is 34.1 Å². The van der Waals surface area contributed by atoms with E-state index in [2.05, 4.69) is 13.8 Å². The fraction of sp³-hybridized carbons (Fsp3) is 0.909. The van der Waals surface area contributed by atoms with Gasteiger partial charge in [0, 0.05) is 13.1 Å². The quantitative estimate of drug-likeness (QED) is 0.692. The maximum atomic E-state index is 11.6. The third kappa shape index (κ3) is 3.29. The summed E-state index contributed by atoms with van der Waals surface area (Å²) >= 11 is 0. The SMILES string of the molecule is CC(C)OCC(=O)N1CCC(C)(C)C1. The minimum Gasteiger partial charge on any atom is -0.369 e. The molecule has 0 bridgehead atoms. The van der Waals surface area contributed by atoms with Crippen molar-refractivity contribution in [1.29, 1.82) is 0 Å². The molecule has 14 heavy (non-hydrogen) atoms. The topological polar surface area (TPSA) is 29.5 Å². The Morgan fingerprint density at radius 3 is 2.57 bits per heavy atom. The Morgan fingerprint density at radius 2 is 2.14 bits per heavy atom. The highest BCUT2D eigenvalue weighted by atomic mass is 16.5. The van der Waals surface area contributed by atoms with E-state index < -0.39 is 0 Å². The van der Waals surface area contributed by atoms with Gasteiger partial charge in [0.1, 0.15) is 6.61 Å². The number of carbonyl (C=O) groups excluding carboxylic acids is 1. The fourth-order valence-corrected chi connectivity index (χ4v) is 1.65. The van der Waals surface area contributed by atoms with Crippen LogP contribution >= 0.6 is 0 Å². The van der Waals surface area contributed by atoms with E-state index in [1.54, 1.807) is 0 Å². The second-order valence-corrected chi connectivity index (χ2v) is 5.09. The lowest BCUT2D eigenvalue weighted by Crippen LogP contribution is -2.33. The van der Waals surface area contributed by atoms with E-state index in [4.69, 9.17) is 4.74 Å². The summed E-state index contributed by atoms with van der Waals surface area (Å²) in [5, 5.41) is 0. The lowest BCUT2D eigenvalue weighted by Gasteiger charge is -2.20. The van der Waals surface area contributed by atoms with E-state index in [1.165, 1.54) is 0 Å². The minimum absolute atomic E-state index is 0.129. The fourth-order valence-electron chi connectivity index (χ4n) is 1.65. The van der Waals surface area contributed by atoms with Crippen LogP contribution in [-0.2, 0) is 9.53 Å². The molecule has 0 aliphatic carbocycles. The molecule has 3 nitrogen and oxygen atoms in total. The van der Waals surface area contributed by atoms with Crippen molar-refractivity contribution in [3.63, 3.8) is 0 Å². The third-order valence-corrected chi connectivity index (χ3v) is 2.57. The van der Waals surface area contributed by atoms with Crippen molar-refractivity contribution in [3.05, 3.63) is 0 Å². The Hall–Kier alpha value is -0.570. The number of hydrogen-bond donors (Lipinski definition) is 0. The summed E-state index contributed by atoms with van der Waals surface area (Å²) in [6.45, 7) is 10.3. The Bertz CT molecular complexity index is 211. The molecule has 1 aliphatic heterocycles. The monoisotopic (exact) mass is 199 g/mol. The lowest BCUT2D eigenvalue weighted by atomic mass is 9.93. The predicted octanol–water partition coefficient (Wildman–Crippen LogP) is 1.67. The summed E-state index contributed by atoms with van der Waals surface area (Å²) in [5.41, 5.74) is 0.285. The van der Waals surface area contributed by atoms with Crippen molar-refractivity contribution in [2.45, 2.75) is 40.2 Å². The molecular weight excluding hydrogens is 178 g/mol. The van der Waals surface area contributed by atoms with Crippen molar-refractivity contribution < 1.29 is 9.53 Å². The Morgan fingerprint density at radius 1 is 1.50 bits per heavy atom. The molecule has 1 rings (SSSR count). The van der Waals surface area contributed by atoms with Crippen LogP contribution in [0.25, 0.3) is 0 Å². The van der Waals surface area contributed by atoms with Crippen LogP contribution in [0.4, 0.5) is 0 Å². The van der Waals surface area contributed by atoms with Crippen LogP contribution in [0, 0.1) is 5.41 Å². The lowest BCUT2D eigenvalue weighted by molar-refractivity contribution is -0.136. The van der Waals surface area contributed by atoms with Crippen LogP contribution in [0.5, 0.6) is 0 Å². The van der Waals surface area contributed by atoms with Crippen molar-refractivity contribution in [1.82, 2.24) is 4.90 Å². The number of nitrogens with zero attached hydrogens (tertiary/aromatic N) is 1.